The topological polar surface area (TPSA) is 132 Å². The van der Waals surface area contributed by atoms with Crippen LogP contribution in [0, 0.1) is 11.3 Å². The van der Waals surface area contributed by atoms with Crippen molar-refractivity contribution in [1.29, 1.82) is 5.26 Å². The van der Waals surface area contributed by atoms with E-state index in [4.69, 9.17) is 38.2 Å². The van der Waals surface area contributed by atoms with E-state index in [2.05, 4.69) is 37.0 Å². The second kappa shape index (κ2) is 14.3. The molecule has 0 atom stereocenters. The maximum absolute atomic E-state index is 12.9. The van der Waals surface area contributed by atoms with Gasteiger partial charge in [-0.05, 0) is 30.3 Å². The number of aromatic nitrogens is 4. The molecule has 0 saturated carbocycles. The van der Waals surface area contributed by atoms with Gasteiger partial charge in [-0.15, -0.1) is 12.4 Å². The number of rotatable bonds is 10. The SMILES string of the molecule is Cl.N#Cc1ccc(NCCNc2nc(-c3ccc(Cl)cc3Cl)cn3nc(C(=O)NCCN4CCOCC4)cc23)nc1. The fourth-order valence-electron chi connectivity index (χ4n) is 4.24. The van der Waals surface area contributed by atoms with Gasteiger partial charge in [-0.1, -0.05) is 23.2 Å². The number of morpholine rings is 1. The highest BCUT2D eigenvalue weighted by molar-refractivity contribution is 6.36. The number of carbonyl (C=O) groups is 1. The number of hydrogen-bond acceptors (Lipinski definition) is 9. The molecule has 1 saturated heterocycles. The van der Waals surface area contributed by atoms with Crippen molar-refractivity contribution in [3.63, 3.8) is 0 Å². The number of hydrogen-bond donors (Lipinski definition) is 3. The van der Waals surface area contributed by atoms with E-state index in [1.807, 2.05) is 0 Å². The molecule has 1 aliphatic heterocycles. The normalized spacial score (nSPS) is 13.3. The minimum atomic E-state index is -0.262. The van der Waals surface area contributed by atoms with Crippen LogP contribution in [0.4, 0.5) is 11.6 Å². The molecule has 3 N–H and O–H groups in total. The summed E-state index contributed by atoms with van der Waals surface area (Å²) < 4.78 is 7.00. The molecule has 1 aliphatic rings. The quantitative estimate of drug-likeness (QED) is 0.226. The van der Waals surface area contributed by atoms with Gasteiger partial charge < -0.3 is 20.7 Å². The Morgan fingerprint density at radius 2 is 1.88 bits per heavy atom. The third-order valence-corrected chi connectivity index (χ3v) is 6.88. The predicted octanol–water partition coefficient (Wildman–Crippen LogP) is 3.98. The van der Waals surface area contributed by atoms with Gasteiger partial charge in [0.25, 0.3) is 5.91 Å². The summed E-state index contributed by atoms with van der Waals surface area (Å²) in [7, 11) is 0. The van der Waals surface area contributed by atoms with Crippen molar-refractivity contribution < 1.29 is 9.53 Å². The van der Waals surface area contributed by atoms with Crippen molar-refractivity contribution >= 4 is 58.7 Å². The number of nitrogens with one attached hydrogen (secondary N) is 3. The van der Waals surface area contributed by atoms with Crippen molar-refractivity contribution in [2.75, 3.05) is 63.1 Å². The highest BCUT2D eigenvalue weighted by Crippen LogP contribution is 2.31. The van der Waals surface area contributed by atoms with Crippen LogP contribution in [0.5, 0.6) is 0 Å². The first-order chi connectivity index (χ1) is 19.5. The molecule has 14 heteroatoms. The van der Waals surface area contributed by atoms with Gasteiger partial charge in [-0.2, -0.15) is 10.4 Å². The number of ether oxygens (including phenoxy) is 1. The number of benzene rings is 1. The minimum Gasteiger partial charge on any atom is -0.379 e. The molecule has 1 aromatic carbocycles. The summed E-state index contributed by atoms with van der Waals surface area (Å²) in [5, 5.41) is 23.9. The first-order valence-corrected chi connectivity index (χ1v) is 13.5. The molecule has 0 spiro atoms. The van der Waals surface area contributed by atoms with Crippen molar-refractivity contribution in [2.45, 2.75) is 0 Å². The van der Waals surface area contributed by atoms with E-state index in [0.29, 0.717) is 76.9 Å². The van der Waals surface area contributed by atoms with Crippen LogP contribution in [0.25, 0.3) is 16.8 Å². The third kappa shape index (κ3) is 7.75. The van der Waals surface area contributed by atoms with Crippen molar-refractivity contribution in [3.05, 3.63) is 70.1 Å². The van der Waals surface area contributed by atoms with Gasteiger partial charge >= 0.3 is 0 Å². The Morgan fingerprint density at radius 3 is 2.61 bits per heavy atom. The Balaban J connectivity index is 0.00000387. The van der Waals surface area contributed by atoms with Crippen LogP contribution in [0.1, 0.15) is 16.1 Å². The summed E-state index contributed by atoms with van der Waals surface area (Å²) in [6, 6.07) is 12.4. The van der Waals surface area contributed by atoms with Crippen molar-refractivity contribution in [3.8, 4) is 17.3 Å². The number of halogens is 3. The van der Waals surface area contributed by atoms with Crippen LogP contribution in [-0.4, -0.2) is 82.9 Å². The van der Waals surface area contributed by atoms with Crippen LogP contribution in [0.2, 0.25) is 10.0 Å². The van der Waals surface area contributed by atoms with Crippen LogP contribution in [0.15, 0.2) is 48.8 Å². The van der Waals surface area contributed by atoms with E-state index in [-0.39, 0.29) is 24.0 Å². The van der Waals surface area contributed by atoms with Gasteiger partial charge in [0.1, 0.15) is 17.4 Å². The molecule has 0 unspecified atom stereocenters. The van der Waals surface area contributed by atoms with Crippen molar-refractivity contribution in [1.82, 2.24) is 29.8 Å². The molecule has 1 amide bonds. The van der Waals surface area contributed by atoms with Gasteiger partial charge in [0.05, 0.1) is 35.7 Å². The van der Waals surface area contributed by atoms with Gasteiger partial charge in [0.15, 0.2) is 11.5 Å². The number of nitriles is 1. The molecule has 5 rings (SSSR count). The first-order valence-electron chi connectivity index (χ1n) is 12.8. The summed E-state index contributed by atoms with van der Waals surface area (Å²) in [4.78, 5) is 24.2. The summed E-state index contributed by atoms with van der Waals surface area (Å²) in [6.07, 6.45) is 3.25. The first kappa shape index (κ1) is 30.3. The Bertz CT molecular complexity index is 1530. The number of carbonyl (C=O) groups excluding carboxylic acids is 1. The summed E-state index contributed by atoms with van der Waals surface area (Å²) in [6.45, 7) is 5.42. The van der Waals surface area contributed by atoms with E-state index in [0.717, 1.165) is 19.6 Å². The van der Waals surface area contributed by atoms with E-state index in [1.54, 1.807) is 47.1 Å². The lowest BCUT2D eigenvalue weighted by atomic mass is 10.1. The Morgan fingerprint density at radius 1 is 1.07 bits per heavy atom. The van der Waals surface area contributed by atoms with Crippen LogP contribution in [0.3, 0.4) is 0 Å². The lowest BCUT2D eigenvalue weighted by Gasteiger charge is -2.26. The Labute approximate surface area is 253 Å². The smallest absolute Gasteiger partial charge is 0.271 e. The second-order valence-electron chi connectivity index (χ2n) is 9.07. The van der Waals surface area contributed by atoms with E-state index < -0.39 is 0 Å². The molecule has 41 heavy (non-hydrogen) atoms. The molecule has 11 nitrogen and oxygen atoms in total. The predicted molar refractivity (Wildman–Crippen MR) is 161 cm³/mol. The largest absolute Gasteiger partial charge is 0.379 e. The summed E-state index contributed by atoms with van der Waals surface area (Å²) >= 11 is 12.6. The maximum atomic E-state index is 12.9. The number of pyridine rings is 1. The average Bonchev–Trinajstić information content (AvgIpc) is 3.41. The molecule has 3 aromatic heterocycles. The Hall–Kier alpha value is -3.66. The Kier molecular flexibility index (Phi) is 10.6. The third-order valence-electron chi connectivity index (χ3n) is 6.33. The molecule has 4 aromatic rings. The number of nitrogens with zero attached hydrogens (tertiary/aromatic N) is 6. The molecule has 214 valence electrons. The van der Waals surface area contributed by atoms with Crippen molar-refractivity contribution in [2.24, 2.45) is 0 Å². The monoisotopic (exact) mass is 615 g/mol. The fourth-order valence-corrected chi connectivity index (χ4v) is 4.74. The van der Waals surface area contributed by atoms with E-state index >= 15 is 0 Å². The fraction of sp³-hybridized carbons (Fsp3) is 0.296. The lowest BCUT2D eigenvalue weighted by Crippen LogP contribution is -2.41. The van der Waals surface area contributed by atoms with E-state index in [9.17, 15) is 4.79 Å². The maximum Gasteiger partial charge on any atom is 0.271 e. The standard InChI is InChI=1S/C27H27Cl2N9O2.ClH/c28-19-2-3-20(21(29)13-19)23-17-38-24(14-22(36-38)27(39)33-7-8-37-9-11-40-12-10-37)26(35-23)32-6-5-31-25-4-1-18(15-30)16-34-25;/h1-4,13-14,16-17H,5-12H2,(H,31,34)(H,32,35)(H,33,39);1H. The van der Waals surface area contributed by atoms with Gasteiger partial charge in [0, 0.05) is 62.1 Å². The van der Waals surface area contributed by atoms with Gasteiger partial charge in [-0.3, -0.25) is 9.69 Å². The minimum absolute atomic E-state index is 0. The van der Waals surface area contributed by atoms with Gasteiger partial charge in [0.2, 0.25) is 0 Å². The molecule has 0 radical (unpaired) electrons. The molecule has 1 fully saturated rings. The number of anilines is 2. The highest BCUT2D eigenvalue weighted by atomic mass is 35.5. The van der Waals surface area contributed by atoms with E-state index in [1.165, 1.54) is 6.20 Å². The highest BCUT2D eigenvalue weighted by Gasteiger charge is 2.17. The summed E-state index contributed by atoms with van der Waals surface area (Å²) in [5.74, 6) is 0.932. The molecular formula is C27H28Cl3N9O2. The zero-order chi connectivity index (χ0) is 27.9. The molecular weight excluding hydrogens is 589 g/mol. The number of amides is 1. The van der Waals surface area contributed by atoms with Crippen LogP contribution < -0.4 is 16.0 Å². The van der Waals surface area contributed by atoms with Crippen LogP contribution >= 0.6 is 35.6 Å². The zero-order valence-corrected chi connectivity index (χ0v) is 24.3. The van der Waals surface area contributed by atoms with Gasteiger partial charge in [-0.25, -0.2) is 14.5 Å². The zero-order valence-electron chi connectivity index (χ0n) is 21.9. The molecule has 0 aliphatic carbocycles. The average molecular weight is 617 g/mol. The number of fused-ring (bicyclic) bond motifs is 1. The second-order valence-corrected chi connectivity index (χ2v) is 9.91. The summed E-state index contributed by atoms with van der Waals surface area (Å²) in [5.41, 5.74) is 2.67. The lowest BCUT2D eigenvalue weighted by molar-refractivity contribution is 0.0383. The molecule has 0 bridgehead atoms. The van der Waals surface area contributed by atoms with Crippen LogP contribution in [-0.2, 0) is 4.74 Å². The molecule has 4 heterocycles.